The molecule has 2 aliphatic heterocycles. The molecule has 1 aromatic heterocycles. The van der Waals surface area contributed by atoms with Crippen LogP contribution in [0.1, 0.15) is 34.1 Å². The molecule has 1 saturated heterocycles. The van der Waals surface area contributed by atoms with Crippen LogP contribution in [0.3, 0.4) is 0 Å². The molecule has 0 bridgehead atoms. The van der Waals surface area contributed by atoms with Crippen molar-refractivity contribution < 1.29 is 14.3 Å². The quantitative estimate of drug-likeness (QED) is 0.851. The van der Waals surface area contributed by atoms with E-state index in [4.69, 9.17) is 4.74 Å². The number of nitrogens with zero attached hydrogens (tertiary/aromatic N) is 3. The predicted molar refractivity (Wildman–Crippen MR) is 97.0 cm³/mol. The summed E-state index contributed by atoms with van der Waals surface area (Å²) in [4.78, 5) is 33.7. The lowest BCUT2D eigenvalue weighted by molar-refractivity contribution is -0.135. The summed E-state index contributed by atoms with van der Waals surface area (Å²) in [7, 11) is 0. The van der Waals surface area contributed by atoms with Gasteiger partial charge in [-0.1, -0.05) is 17.7 Å². The molecule has 6 heteroatoms. The van der Waals surface area contributed by atoms with Crippen molar-refractivity contribution >= 4 is 17.5 Å². The van der Waals surface area contributed by atoms with Crippen molar-refractivity contribution in [3.63, 3.8) is 0 Å². The molecule has 2 aliphatic rings. The summed E-state index contributed by atoms with van der Waals surface area (Å²) >= 11 is 0. The third-order valence-corrected chi connectivity index (χ3v) is 4.96. The molecule has 2 amide bonds. The molecule has 134 valence electrons. The molecule has 0 N–H and O–H groups in total. The number of morpholine rings is 1. The Morgan fingerprint density at radius 2 is 1.92 bits per heavy atom. The third-order valence-electron chi connectivity index (χ3n) is 4.96. The number of ether oxygens (including phenoxy) is 1. The SMILES string of the molecule is Cc1ccc(N2C(=O)c3cccnc3[C@H]2CC(=O)N2CCOCC2)cc1. The minimum atomic E-state index is -0.378. The van der Waals surface area contributed by atoms with Gasteiger partial charge in [0, 0.05) is 25.0 Å². The molecule has 4 rings (SSSR count). The Labute approximate surface area is 152 Å². The summed E-state index contributed by atoms with van der Waals surface area (Å²) in [6.45, 7) is 4.32. The van der Waals surface area contributed by atoms with E-state index in [-0.39, 0.29) is 24.3 Å². The molecule has 0 spiro atoms. The standard InChI is InChI=1S/C20H21N3O3/c1-14-4-6-15(7-5-14)23-17(13-18(24)22-9-11-26-12-10-22)19-16(20(23)25)3-2-8-21-19/h2-8,17H,9-13H2,1H3/t17-/m1/s1. The highest BCUT2D eigenvalue weighted by molar-refractivity contribution is 6.11. The lowest BCUT2D eigenvalue weighted by Crippen LogP contribution is -2.42. The molecule has 0 radical (unpaired) electrons. The number of rotatable bonds is 3. The summed E-state index contributed by atoms with van der Waals surface area (Å²) < 4.78 is 5.32. The zero-order chi connectivity index (χ0) is 18.1. The third kappa shape index (κ3) is 2.97. The second-order valence-electron chi connectivity index (χ2n) is 6.66. The molecule has 6 nitrogen and oxygen atoms in total. The van der Waals surface area contributed by atoms with Crippen LogP contribution in [0, 0.1) is 6.92 Å². The van der Waals surface area contributed by atoms with Crippen molar-refractivity contribution in [3.8, 4) is 0 Å². The summed E-state index contributed by atoms with van der Waals surface area (Å²) in [6, 6.07) is 11.0. The summed E-state index contributed by atoms with van der Waals surface area (Å²) in [5.74, 6) is -0.0709. The monoisotopic (exact) mass is 351 g/mol. The summed E-state index contributed by atoms with van der Waals surface area (Å²) in [5.41, 5.74) is 3.17. The van der Waals surface area contributed by atoms with Gasteiger partial charge in [0.05, 0.1) is 36.9 Å². The first-order valence-electron chi connectivity index (χ1n) is 8.86. The van der Waals surface area contributed by atoms with E-state index in [1.165, 1.54) is 0 Å². The van der Waals surface area contributed by atoms with Crippen molar-refractivity contribution in [2.75, 3.05) is 31.2 Å². The van der Waals surface area contributed by atoms with Gasteiger partial charge in [0.25, 0.3) is 5.91 Å². The largest absolute Gasteiger partial charge is 0.378 e. The zero-order valence-corrected chi connectivity index (χ0v) is 14.7. The van der Waals surface area contributed by atoms with Gasteiger partial charge < -0.3 is 9.64 Å². The maximum atomic E-state index is 13.0. The van der Waals surface area contributed by atoms with Gasteiger partial charge in [-0.15, -0.1) is 0 Å². The summed E-state index contributed by atoms with van der Waals surface area (Å²) in [5, 5.41) is 0. The highest BCUT2D eigenvalue weighted by Crippen LogP contribution is 2.38. The van der Waals surface area contributed by atoms with E-state index in [9.17, 15) is 9.59 Å². The van der Waals surface area contributed by atoms with Gasteiger partial charge in [0.15, 0.2) is 0 Å². The topological polar surface area (TPSA) is 62.7 Å². The molecular weight excluding hydrogens is 330 g/mol. The van der Waals surface area contributed by atoms with E-state index in [0.29, 0.717) is 37.6 Å². The van der Waals surface area contributed by atoms with Gasteiger partial charge in [-0.25, -0.2) is 0 Å². The molecule has 1 aromatic carbocycles. The second-order valence-corrected chi connectivity index (χ2v) is 6.66. The molecule has 1 fully saturated rings. The highest BCUT2D eigenvalue weighted by Gasteiger charge is 2.40. The van der Waals surface area contributed by atoms with Crippen molar-refractivity contribution in [1.29, 1.82) is 0 Å². The maximum absolute atomic E-state index is 13.0. The highest BCUT2D eigenvalue weighted by atomic mass is 16.5. The number of benzene rings is 1. The molecule has 3 heterocycles. The normalized spacial score (nSPS) is 19.6. The Morgan fingerprint density at radius 3 is 2.65 bits per heavy atom. The number of aryl methyl sites for hydroxylation is 1. The average molecular weight is 351 g/mol. The van der Waals surface area contributed by atoms with Crippen LogP contribution in [0.2, 0.25) is 0 Å². The number of carbonyl (C=O) groups excluding carboxylic acids is 2. The number of hydrogen-bond donors (Lipinski definition) is 0. The Hall–Kier alpha value is -2.73. The van der Waals surface area contributed by atoms with E-state index in [2.05, 4.69) is 4.98 Å². The molecule has 0 unspecified atom stereocenters. The summed E-state index contributed by atoms with van der Waals surface area (Å²) in [6.07, 6.45) is 1.90. The fraction of sp³-hybridized carbons (Fsp3) is 0.350. The Balaban J connectivity index is 1.66. The minimum Gasteiger partial charge on any atom is -0.378 e. The van der Waals surface area contributed by atoms with Crippen molar-refractivity contribution in [2.24, 2.45) is 0 Å². The first kappa shape index (κ1) is 16.7. The second kappa shape index (κ2) is 6.88. The molecule has 0 saturated carbocycles. The van der Waals surface area contributed by atoms with Crippen molar-refractivity contribution in [3.05, 3.63) is 59.4 Å². The van der Waals surface area contributed by atoms with Crippen LogP contribution in [0.5, 0.6) is 0 Å². The zero-order valence-electron chi connectivity index (χ0n) is 14.7. The molecular formula is C20H21N3O3. The van der Waals surface area contributed by atoms with Crippen LogP contribution in [-0.4, -0.2) is 48.0 Å². The van der Waals surface area contributed by atoms with Crippen LogP contribution >= 0.6 is 0 Å². The van der Waals surface area contributed by atoms with Crippen LogP contribution in [-0.2, 0) is 9.53 Å². The van der Waals surface area contributed by atoms with Crippen LogP contribution in [0.4, 0.5) is 5.69 Å². The lowest BCUT2D eigenvalue weighted by atomic mass is 10.1. The Kier molecular flexibility index (Phi) is 4.42. The van der Waals surface area contributed by atoms with Gasteiger partial charge >= 0.3 is 0 Å². The van der Waals surface area contributed by atoms with E-state index in [1.807, 2.05) is 36.1 Å². The fourth-order valence-electron chi connectivity index (χ4n) is 3.56. The van der Waals surface area contributed by atoms with Gasteiger partial charge in [-0.2, -0.15) is 0 Å². The lowest BCUT2D eigenvalue weighted by Gasteiger charge is -2.30. The number of carbonyl (C=O) groups is 2. The number of aromatic nitrogens is 1. The number of amides is 2. The maximum Gasteiger partial charge on any atom is 0.260 e. The number of pyridine rings is 1. The minimum absolute atomic E-state index is 0.0294. The first-order chi connectivity index (χ1) is 12.6. The smallest absolute Gasteiger partial charge is 0.260 e. The average Bonchev–Trinajstić information content (AvgIpc) is 2.95. The van der Waals surface area contributed by atoms with Crippen molar-refractivity contribution in [1.82, 2.24) is 9.88 Å². The van der Waals surface area contributed by atoms with Crippen LogP contribution in [0.15, 0.2) is 42.6 Å². The Morgan fingerprint density at radius 1 is 1.19 bits per heavy atom. The van der Waals surface area contributed by atoms with Gasteiger partial charge in [-0.05, 0) is 31.2 Å². The van der Waals surface area contributed by atoms with E-state index < -0.39 is 0 Å². The van der Waals surface area contributed by atoms with E-state index in [0.717, 1.165) is 11.3 Å². The molecule has 26 heavy (non-hydrogen) atoms. The molecule has 0 aliphatic carbocycles. The number of anilines is 1. The van der Waals surface area contributed by atoms with Gasteiger partial charge in [0.1, 0.15) is 0 Å². The van der Waals surface area contributed by atoms with E-state index in [1.54, 1.807) is 23.2 Å². The molecule has 1 atom stereocenters. The van der Waals surface area contributed by atoms with E-state index >= 15 is 0 Å². The van der Waals surface area contributed by atoms with Crippen LogP contribution in [0.25, 0.3) is 0 Å². The first-order valence-corrected chi connectivity index (χ1v) is 8.86. The number of fused-ring (bicyclic) bond motifs is 1. The predicted octanol–water partition coefficient (Wildman–Crippen LogP) is 2.34. The number of hydrogen-bond acceptors (Lipinski definition) is 4. The van der Waals surface area contributed by atoms with Gasteiger partial charge in [-0.3, -0.25) is 19.5 Å². The molecule has 2 aromatic rings. The fourth-order valence-corrected chi connectivity index (χ4v) is 3.56. The Bertz CT molecular complexity index is 828. The van der Waals surface area contributed by atoms with Crippen molar-refractivity contribution in [2.45, 2.75) is 19.4 Å². The van der Waals surface area contributed by atoms with Crippen LogP contribution < -0.4 is 4.90 Å². The van der Waals surface area contributed by atoms with Gasteiger partial charge in [0.2, 0.25) is 5.91 Å².